The van der Waals surface area contributed by atoms with Crippen molar-refractivity contribution in [2.24, 2.45) is 0 Å². The molecule has 190 valence electrons. The summed E-state index contributed by atoms with van der Waals surface area (Å²) in [5.41, 5.74) is 2.48. The van der Waals surface area contributed by atoms with Crippen molar-refractivity contribution in [3.8, 4) is 5.75 Å². The quantitative estimate of drug-likeness (QED) is 0.231. The second-order valence-electron chi connectivity index (χ2n) is 8.25. The molecular formula is C26H25N5O5S. The number of aromatic nitrogens is 3. The number of benzene rings is 2. The molecule has 2 aromatic heterocycles. The first kappa shape index (κ1) is 25.6. The van der Waals surface area contributed by atoms with Gasteiger partial charge in [0.2, 0.25) is 0 Å². The van der Waals surface area contributed by atoms with Gasteiger partial charge in [0.15, 0.2) is 16.6 Å². The molecule has 11 heteroatoms. The summed E-state index contributed by atoms with van der Waals surface area (Å²) >= 11 is 1.30. The van der Waals surface area contributed by atoms with E-state index in [4.69, 9.17) is 9.84 Å². The molecule has 10 nitrogen and oxygen atoms in total. The number of carboxylic acid groups (broad SMARTS) is 1. The van der Waals surface area contributed by atoms with Crippen molar-refractivity contribution in [2.75, 3.05) is 17.7 Å². The Kier molecular flexibility index (Phi) is 7.63. The van der Waals surface area contributed by atoms with Crippen LogP contribution in [0.15, 0.2) is 48.7 Å². The summed E-state index contributed by atoms with van der Waals surface area (Å²) in [5, 5.41) is 15.0. The Morgan fingerprint density at radius 1 is 1.05 bits per heavy atom. The summed E-state index contributed by atoms with van der Waals surface area (Å²) in [6, 6.07) is 11.6. The van der Waals surface area contributed by atoms with E-state index in [1.807, 2.05) is 13.0 Å². The molecule has 4 rings (SSSR count). The molecule has 0 spiro atoms. The fourth-order valence-electron chi connectivity index (χ4n) is 3.75. The third kappa shape index (κ3) is 6.01. The van der Waals surface area contributed by atoms with Gasteiger partial charge >= 0.3 is 12.0 Å². The number of thiazole rings is 1. The van der Waals surface area contributed by atoms with Crippen molar-refractivity contribution in [3.05, 3.63) is 87.4 Å². The lowest BCUT2D eigenvalue weighted by Crippen LogP contribution is -2.21. The highest BCUT2D eigenvalue weighted by atomic mass is 32.1. The predicted octanol–water partition coefficient (Wildman–Crippen LogP) is 4.85. The van der Waals surface area contributed by atoms with E-state index in [-0.39, 0.29) is 11.5 Å². The number of hydrogen-bond acceptors (Lipinski definition) is 7. The number of ketones is 1. The van der Waals surface area contributed by atoms with Gasteiger partial charge < -0.3 is 20.1 Å². The maximum atomic E-state index is 13.3. The Hall–Kier alpha value is -4.51. The number of methoxy groups -OCH3 is 1. The minimum absolute atomic E-state index is 0.0120. The number of amides is 2. The van der Waals surface area contributed by atoms with Crippen LogP contribution in [-0.4, -0.2) is 45.0 Å². The minimum Gasteiger partial charge on any atom is -0.496 e. The molecule has 0 atom stereocenters. The van der Waals surface area contributed by atoms with E-state index in [9.17, 15) is 14.4 Å². The molecule has 2 amide bonds. The second-order valence-corrected chi connectivity index (χ2v) is 9.37. The van der Waals surface area contributed by atoms with Crippen LogP contribution in [0, 0.1) is 13.8 Å². The number of anilines is 2. The molecule has 4 aromatic rings. The third-order valence-electron chi connectivity index (χ3n) is 5.54. The van der Waals surface area contributed by atoms with E-state index in [0.717, 1.165) is 10.4 Å². The van der Waals surface area contributed by atoms with Gasteiger partial charge in [-0.15, -0.1) is 11.3 Å². The number of carbonyl (C=O) groups is 3. The summed E-state index contributed by atoms with van der Waals surface area (Å²) in [6.45, 7) is 3.53. The number of H-pyrrole nitrogens is 1. The minimum atomic E-state index is -1.07. The average molecular weight is 520 g/mol. The number of ether oxygens (including phenoxy) is 1. The molecule has 0 fully saturated rings. The molecule has 0 aliphatic rings. The van der Waals surface area contributed by atoms with Gasteiger partial charge in [0.25, 0.3) is 0 Å². The van der Waals surface area contributed by atoms with Crippen molar-refractivity contribution in [3.63, 3.8) is 0 Å². The highest BCUT2D eigenvalue weighted by Crippen LogP contribution is 2.27. The van der Waals surface area contributed by atoms with Crippen molar-refractivity contribution < 1.29 is 24.2 Å². The van der Waals surface area contributed by atoms with E-state index < -0.39 is 12.0 Å². The first-order chi connectivity index (χ1) is 17.7. The summed E-state index contributed by atoms with van der Waals surface area (Å²) in [5.74, 6) is -0.324. The molecule has 0 unspecified atom stereocenters. The monoisotopic (exact) mass is 519 g/mol. The number of aryl methyl sites for hydroxylation is 4. The zero-order valence-corrected chi connectivity index (χ0v) is 21.2. The lowest BCUT2D eigenvalue weighted by molar-refractivity contribution is 0.0690. The summed E-state index contributed by atoms with van der Waals surface area (Å²) in [7, 11) is 1.50. The SMILES string of the molecule is COc1ccccc1C(=O)c1cc(C)ccc1NC(=O)Nc1ncc(CCc2nc(C(=O)O)c(C)[nH]2)s1. The van der Waals surface area contributed by atoms with Crippen molar-refractivity contribution in [1.82, 2.24) is 15.0 Å². The van der Waals surface area contributed by atoms with Gasteiger partial charge in [0, 0.05) is 28.8 Å². The molecule has 0 saturated heterocycles. The molecule has 0 bridgehead atoms. The maximum absolute atomic E-state index is 13.3. The van der Waals surface area contributed by atoms with Crippen LogP contribution in [-0.2, 0) is 12.8 Å². The molecule has 0 aliphatic carbocycles. The van der Waals surface area contributed by atoms with Crippen LogP contribution in [0.1, 0.15) is 48.4 Å². The van der Waals surface area contributed by atoms with Gasteiger partial charge in [-0.05, 0) is 44.5 Å². The largest absolute Gasteiger partial charge is 0.496 e. The van der Waals surface area contributed by atoms with Gasteiger partial charge in [-0.3, -0.25) is 10.1 Å². The van der Waals surface area contributed by atoms with Crippen molar-refractivity contribution in [1.29, 1.82) is 0 Å². The zero-order valence-electron chi connectivity index (χ0n) is 20.4. The van der Waals surface area contributed by atoms with Crippen LogP contribution < -0.4 is 15.4 Å². The van der Waals surface area contributed by atoms with Gasteiger partial charge in [0.1, 0.15) is 11.6 Å². The van der Waals surface area contributed by atoms with E-state index in [1.54, 1.807) is 49.5 Å². The highest BCUT2D eigenvalue weighted by molar-refractivity contribution is 7.15. The van der Waals surface area contributed by atoms with E-state index in [0.29, 0.717) is 52.1 Å². The number of hydrogen-bond donors (Lipinski definition) is 4. The smallest absolute Gasteiger partial charge is 0.356 e. The first-order valence-electron chi connectivity index (χ1n) is 11.3. The molecule has 0 aliphatic heterocycles. The molecule has 0 radical (unpaired) electrons. The number of aromatic carboxylic acids is 1. The number of imidazole rings is 1. The number of carbonyl (C=O) groups excluding carboxylic acids is 2. The number of rotatable bonds is 9. The third-order valence-corrected chi connectivity index (χ3v) is 6.51. The molecule has 2 heterocycles. The number of nitrogens with one attached hydrogen (secondary N) is 3. The first-order valence-corrected chi connectivity index (χ1v) is 12.2. The fraction of sp³-hybridized carbons (Fsp3) is 0.192. The topological polar surface area (TPSA) is 146 Å². The van der Waals surface area contributed by atoms with Gasteiger partial charge in [-0.2, -0.15) is 0 Å². The number of nitrogens with zero attached hydrogens (tertiary/aromatic N) is 2. The van der Waals surface area contributed by atoms with Crippen LogP contribution in [0.3, 0.4) is 0 Å². The van der Waals surface area contributed by atoms with Crippen LogP contribution in [0.5, 0.6) is 5.75 Å². The maximum Gasteiger partial charge on any atom is 0.356 e. The number of para-hydroxylation sites is 1. The number of carboxylic acids is 1. The normalized spacial score (nSPS) is 10.7. The number of urea groups is 1. The van der Waals surface area contributed by atoms with Gasteiger partial charge in [0.05, 0.1) is 18.4 Å². The van der Waals surface area contributed by atoms with Crippen LogP contribution >= 0.6 is 11.3 Å². The van der Waals surface area contributed by atoms with E-state index in [1.165, 1.54) is 18.4 Å². The molecule has 2 aromatic carbocycles. The number of aromatic amines is 1. The Balaban J connectivity index is 1.42. The highest BCUT2D eigenvalue weighted by Gasteiger charge is 2.19. The van der Waals surface area contributed by atoms with Gasteiger partial charge in [-0.1, -0.05) is 23.8 Å². The van der Waals surface area contributed by atoms with Gasteiger partial charge in [-0.25, -0.2) is 19.6 Å². The Morgan fingerprint density at radius 3 is 2.57 bits per heavy atom. The summed E-state index contributed by atoms with van der Waals surface area (Å²) in [4.78, 5) is 49.4. The lowest BCUT2D eigenvalue weighted by Gasteiger charge is -2.13. The average Bonchev–Trinajstić information content (AvgIpc) is 3.49. The zero-order chi connectivity index (χ0) is 26.5. The Bertz CT molecular complexity index is 1480. The van der Waals surface area contributed by atoms with Crippen molar-refractivity contribution in [2.45, 2.75) is 26.7 Å². The summed E-state index contributed by atoms with van der Waals surface area (Å²) < 4.78 is 5.33. The van der Waals surface area contributed by atoms with Crippen LogP contribution in [0.4, 0.5) is 15.6 Å². The second kappa shape index (κ2) is 11.0. The molecule has 4 N–H and O–H groups in total. The Labute approximate surface area is 216 Å². The molecular weight excluding hydrogens is 494 g/mol. The van der Waals surface area contributed by atoms with Crippen LogP contribution in [0.2, 0.25) is 0 Å². The van der Waals surface area contributed by atoms with Crippen LogP contribution in [0.25, 0.3) is 0 Å². The fourth-order valence-corrected chi connectivity index (χ4v) is 4.56. The molecule has 37 heavy (non-hydrogen) atoms. The standard InChI is InChI=1S/C26H25N5O5S/c1-14-8-10-19(18(12-14)23(32)17-6-4-5-7-20(17)36-3)29-25(35)31-26-27-13-16(37-26)9-11-21-28-15(2)22(30-21)24(33)34/h4-8,10,12-13H,9,11H2,1-3H3,(H,28,30)(H,33,34)(H2,27,29,31,35). The lowest BCUT2D eigenvalue weighted by atomic mass is 9.99. The summed E-state index contributed by atoms with van der Waals surface area (Å²) in [6.07, 6.45) is 2.72. The predicted molar refractivity (Wildman–Crippen MR) is 140 cm³/mol. The van der Waals surface area contributed by atoms with Crippen molar-refractivity contribution >= 4 is 39.9 Å². The molecule has 0 saturated carbocycles. The van der Waals surface area contributed by atoms with E-state index >= 15 is 0 Å². The Morgan fingerprint density at radius 2 is 1.84 bits per heavy atom. The van der Waals surface area contributed by atoms with E-state index in [2.05, 4.69) is 25.6 Å².